The van der Waals surface area contributed by atoms with E-state index < -0.39 is 30.6 Å². The number of ether oxygens (including phenoxy) is 6. The van der Waals surface area contributed by atoms with Crippen molar-refractivity contribution in [1.29, 1.82) is 0 Å². The normalized spacial score (nSPS) is 35.1. The van der Waals surface area contributed by atoms with Gasteiger partial charge in [0.05, 0.1) is 6.61 Å². The third kappa shape index (κ3) is 3.87. The van der Waals surface area contributed by atoms with E-state index in [1.807, 2.05) is 0 Å². The number of hydrogen-bond acceptors (Lipinski definition) is 7. The smallest absolute Gasteiger partial charge is 0.305 e. The lowest BCUT2D eigenvalue weighted by Crippen LogP contribution is -2.61. The van der Waals surface area contributed by atoms with Crippen molar-refractivity contribution >= 4 is 5.97 Å². The first-order chi connectivity index (χ1) is 9.08. The Hall–Kier alpha value is -0.730. The van der Waals surface area contributed by atoms with Gasteiger partial charge in [-0.25, -0.2) is 0 Å². The monoisotopic (exact) mass is 278 g/mol. The SMILES string of the molecule is COC[C@H]1O[C@@H](OC(C)=O)[C@H](OC)[C@@H](OC)[C@H]1OC. The van der Waals surface area contributed by atoms with Gasteiger partial charge in [0, 0.05) is 35.4 Å². The van der Waals surface area contributed by atoms with Crippen LogP contribution in [-0.4, -0.2) is 71.7 Å². The lowest BCUT2D eigenvalue weighted by atomic mass is 9.98. The molecule has 1 fully saturated rings. The van der Waals surface area contributed by atoms with Crippen LogP contribution < -0.4 is 0 Å². The lowest BCUT2D eigenvalue weighted by Gasteiger charge is -2.43. The molecule has 0 spiro atoms. The topological polar surface area (TPSA) is 72.5 Å². The fourth-order valence-corrected chi connectivity index (χ4v) is 2.24. The molecule has 1 aliphatic heterocycles. The quantitative estimate of drug-likeness (QED) is 0.631. The molecule has 1 rings (SSSR count). The number of hydrogen-bond donors (Lipinski definition) is 0. The predicted octanol–water partition coefficient (Wildman–Crippen LogP) is -0.0342. The van der Waals surface area contributed by atoms with Crippen LogP contribution in [0, 0.1) is 0 Å². The standard InChI is InChI=1S/C12H22O7/c1-7(13)18-12-11(17-5)10(16-4)9(15-3)8(19-12)6-14-2/h8-12H,6H2,1-5H3/t8-,9+,10+,11-,12-/m1/s1. The molecule has 0 radical (unpaired) electrons. The van der Waals surface area contributed by atoms with Crippen molar-refractivity contribution in [3.8, 4) is 0 Å². The first-order valence-corrected chi connectivity index (χ1v) is 5.99. The number of methoxy groups -OCH3 is 4. The van der Waals surface area contributed by atoms with Crippen LogP contribution in [0.2, 0.25) is 0 Å². The molecule has 1 heterocycles. The van der Waals surface area contributed by atoms with Gasteiger partial charge in [-0.2, -0.15) is 0 Å². The van der Waals surface area contributed by atoms with Gasteiger partial charge in [0.2, 0.25) is 6.29 Å². The van der Waals surface area contributed by atoms with Gasteiger partial charge in [-0.05, 0) is 0 Å². The zero-order chi connectivity index (χ0) is 14.4. The van der Waals surface area contributed by atoms with Crippen LogP contribution in [0.25, 0.3) is 0 Å². The van der Waals surface area contributed by atoms with Crippen molar-refractivity contribution in [3.63, 3.8) is 0 Å². The van der Waals surface area contributed by atoms with Gasteiger partial charge in [0.25, 0.3) is 0 Å². The number of carbonyl (C=O) groups excluding carboxylic acids is 1. The first kappa shape index (κ1) is 16.3. The molecule has 112 valence electrons. The molecular formula is C12H22O7. The maximum absolute atomic E-state index is 11.1. The summed E-state index contributed by atoms with van der Waals surface area (Å²) in [5.41, 5.74) is 0. The Labute approximate surface area is 113 Å². The van der Waals surface area contributed by atoms with Gasteiger partial charge in [0.1, 0.15) is 24.4 Å². The second-order valence-electron chi connectivity index (χ2n) is 4.21. The molecule has 0 saturated carbocycles. The third-order valence-corrected chi connectivity index (χ3v) is 3.02. The molecule has 0 N–H and O–H groups in total. The van der Waals surface area contributed by atoms with E-state index in [4.69, 9.17) is 28.4 Å². The molecule has 7 nitrogen and oxygen atoms in total. The summed E-state index contributed by atoms with van der Waals surface area (Å²) in [5, 5.41) is 0. The van der Waals surface area contributed by atoms with Gasteiger partial charge >= 0.3 is 5.97 Å². The summed E-state index contributed by atoms with van der Waals surface area (Å²) >= 11 is 0. The van der Waals surface area contributed by atoms with Crippen molar-refractivity contribution < 1.29 is 33.2 Å². The average Bonchev–Trinajstić information content (AvgIpc) is 2.37. The van der Waals surface area contributed by atoms with Crippen LogP contribution in [0.4, 0.5) is 0 Å². The van der Waals surface area contributed by atoms with Crippen LogP contribution in [0.15, 0.2) is 0 Å². The highest BCUT2D eigenvalue weighted by molar-refractivity contribution is 5.66. The summed E-state index contributed by atoms with van der Waals surface area (Å²) < 4.78 is 32.0. The van der Waals surface area contributed by atoms with Crippen LogP contribution in [-0.2, 0) is 33.2 Å². The lowest BCUT2D eigenvalue weighted by molar-refractivity contribution is -0.304. The summed E-state index contributed by atoms with van der Waals surface area (Å²) in [6.45, 7) is 1.61. The molecule has 0 bridgehead atoms. The number of esters is 1. The molecule has 0 aromatic rings. The highest BCUT2D eigenvalue weighted by Gasteiger charge is 2.48. The van der Waals surface area contributed by atoms with E-state index in [1.165, 1.54) is 14.0 Å². The zero-order valence-corrected chi connectivity index (χ0v) is 12.0. The van der Waals surface area contributed by atoms with Crippen molar-refractivity contribution in [3.05, 3.63) is 0 Å². The fourth-order valence-electron chi connectivity index (χ4n) is 2.24. The van der Waals surface area contributed by atoms with Crippen LogP contribution >= 0.6 is 0 Å². The summed E-state index contributed by atoms with van der Waals surface area (Å²) in [7, 11) is 6.16. The average molecular weight is 278 g/mol. The second-order valence-corrected chi connectivity index (χ2v) is 4.21. The Morgan fingerprint density at radius 3 is 2.00 bits per heavy atom. The van der Waals surface area contributed by atoms with Crippen molar-refractivity contribution in [1.82, 2.24) is 0 Å². The van der Waals surface area contributed by atoms with Gasteiger partial charge < -0.3 is 28.4 Å². The van der Waals surface area contributed by atoms with E-state index in [9.17, 15) is 4.79 Å². The molecule has 1 aliphatic rings. The van der Waals surface area contributed by atoms with Crippen LogP contribution in [0.1, 0.15) is 6.92 Å². The van der Waals surface area contributed by atoms with Crippen molar-refractivity contribution in [2.45, 2.75) is 37.6 Å². The van der Waals surface area contributed by atoms with E-state index in [0.29, 0.717) is 6.61 Å². The Morgan fingerprint density at radius 1 is 1.00 bits per heavy atom. The van der Waals surface area contributed by atoms with E-state index in [0.717, 1.165) is 0 Å². The van der Waals surface area contributed by atoms with Crippen LogP contribution in [0.3, 0.4) is 0 Å². The van der Waals surface area contributed by atoms with Gasteiger partial charge in [-0.15, -0.1) is 0 Å². The zero-order valence-electron chi connectivity index (χ0n) is 12.0. The van der Waals surface area contributed by atoms with E-state index in [1.54, 1.807) is 21.3 Å². The Morgan fingerprint density at radius 2 is 1.58 bits per heavy atom. The Kier molecular flexibility index (Phi) is 6.67. The van der Waals surface area contributed by atoms with E-state index in [2.05, 4.69) is 0 Å². The molecule has 7 heteroatoms. The molecule has 19 heavy (non-hydrogen) atoms. The maximum Gasteiger partial charge on any atom is 0.305 e. The Balaban J connectivity index is 2.91. The van der Waals surface area contributed by atoms with Crippen molar-refractivity contribution in [2.24, 2.45) is 0 Å². The summed E-state index contributed by atoms with van der Waals surface area (Å²) in [6.07, 6.45) is -2.61. The molecule has 1 saturated heterocycles. The molecule has 0 aromatic heterocycles. The highest BCUT2D eigenvalue weighted by Crippen LogP contribution is 2.28. The molecule has 0 aliphatic carbocycles. The first-order valence-electron chi connectivity index (χ1n) is 5.99. The van der Waals surface area contributed by atoms with Gasteiger partial charge in [-0.3, -0.25) is 4.79 Å². The minimum atomic E-state index is -0.848. The summed E-state index contributed by atoms with van der Waals surface area (Å²) in [4.78, 5) is 11.1. The van der Waals surface area contributed by atoms with Gasteiger partial charge in [0.15, 0.2) is 0 Å². The predicted molar refractivity (Wildman–Crippen MR) is 64.7 cm³/mol. The summed E-state index contributed by atoms with van der Waals surface area (Å²) in [6, 6.07) is 0. The molecule has 0 amide bonds. The third-order valence-electron chi connectivity index (χ3n) is 3.02. The number of carbonyl (C=O) groups is 1. The van der Waals surface area contributed by atoms with E-state index in [-0.39, 0.29) is 6.10 Å². The maximum atomic E-state index is 11.1. The highest BCUT2D eigenvalue weighted by atomic mass is 16.7. The minimum Gasteiger partial charge on any atom is -0.433 e. The Bertz CT molecular complexity index is 283. The summed E-state index contributed by atoms with van der Waals surface area (Å²) in [5.74, 6) is -0.450. The van der Waals surface area contributed by atoms with Gasteiger partial charge in [-0.1, -0.05) is 0 Å². The van der Waals surface area contributed by atoms with Crippen LogP contribution in [0.5, 0.6) is 0 Å². The molecule has 0 unspecified atom stereocenters. The fraction of sp³-hybridized carbons (Fsp3) is 0.917. The molecule has 5 atom stereocenters. The molecule has 0 aromatic carbocycles. The molecular weight excluding hydrogens is 256 g/mol. The largest absolute Gasteiger partial charge is 0.433 e. The second kappa shape index (κ2) is 7.76. The van der Waals surface area contributed by atoms with E-state index >= 15 is 0 Å². The number of rotatable bonds is 6. The minimum absolute atomic E-state index is 0.298. The van der Waals surface area contributed by atoms with Crippen molar-refractivity contribution in [2.75, 3.05) is 35.0 Å².